The fourth-order valence-corrected chi connectivity index (χ4v) is 1.61. The maximum Gasteiger partial charge on any atom is 0.419 e. The zero-order chi connectivity index (χ0) is 13.8. The molecule has 0 aliphatic rings. The number of carbonyl (C=O) groups excluding carboxylic acids is 2. The Balaban J connectivity index is 2.20. The lowest BCUT2D eigenvalue weighted by Gasteiger charge is -2.08. The van der Waals surface area contributed by atoms with E-state index in [1.807, 2.05) is 30.3 Å². The van der Waals surface area contributed by atoms with Gasteiger partial charge in [-0.15, -0.1) is 0 Å². The van der Waals surface area contributed by atoms with E-state index in [4.69, 9.17) is 4.74 Å². The Kier molecular flexibility index (Phi) is 3.61. The SMILES string of the molecule is C=C(C)C(=O)NC(=O)Oc1cccc2ccccc12. The van der Waals surface area contributed by atoms with Gasteiger partial charge in [0.05, 0.1) is 0 Å². The molecule has 96 valence electrons. The van der Waals surface area contributed by atoms with E-state index < -0.39 is 12.0 Å². The number of fused-ring (bicyclic) bond motifs is 1. The molecular formula is C15H13NO3. The van der Waals surface area contributed by atoms with Gasteiger partial charge in [0, 0.05) is 11.0 Å². The highest BCUT2D eigenvalue weighted by Crippen LogP contribution is 2.25. The first-order valence-corrected chi connectivity index (χ1v) is 5.74. The maximum absolute atomic E-state index is 11.6. The minimum atomic E-state index is -0.815. The third kappa shape index (κ3) is 2.98. The van der Waals surface area contributed by atoms with E-state index in [-0.39, 0.29) is 5.57 Å². The van der Waals surface area contributed by atoms with Crippen LogP contribution in [0.3, 0.4) is 0 Å². The van der Waals surface area contributed by atoms with Gasteiger partial charge in [0.2, 0.25) is 0 Å². The van der Waals surface area contributed by atoms with Crippen molar-refractivity contribution in [3.05, 3.63) is 54.6 Å². The summed E-state index contributed by atoms with van der Waals surface area (Å²) in [5.41, 5.74) is 0.245. The van der Waals surface area contributed by atoms with Crippen molar-refractivity contribution in [2.75, 3.05) is 0 Å². The minimum absolute atomic E-state index is 0.245. The number of hydrogen-bond donors (Lipinski definition) is 1. The van der Waals surface area contributed by atoms with Gasteiger partial charge < -0.3 is 4.74 Å². The number of hydrogen-bond acceptors (Lipinski definition) is 3. The Morgan fingerprint density at radius 1 is 1.11 bits per heavy atom. The van der Waals surface area contributed by atoms with E-state index in [0.717, 1.165) is 10.8 Å². The van der Waals surface area contributed by atoms with Crippen molar-refractivity contribution in [1.29, 1.82) is 0 Å². The smallest absolute Gasteiger partial charge is 0.409 e. The predicted molar refractivity (Wildman–Crippen MR) is 72.9 cm³/mol. The summed E-state index contributed by atoms with van der Waals surface area (Å²) in [5, 5.41) is 3.86. The number of ether oxygens (including phenoxy) is 1. The van der Waals surface area contributed by atoms with E-state index in [1.165, 1.54) is 6.92 Å². The van der Waals surface area contributed by atoms with Crippen LogP contribution < -0.4 is 10.1 Å². The molecule has 0 aliphatic carbocycles. The van der Waals surface area contributed by atoms with Gasteiger partial charge in [-0.2, -0.15) is 0 Å². The molecule has 0 atom stereocenters. The van der Waals surface area contributed by atoms with Gasteiger partial charge in [-0.1, -0.05) is 43.0 Å². The van der Waals surface area contributed by atoms with Crippen LogP contribution in [-0.4, -0.2) is 12.0 Å². The minimum Gasteiger partial charge on any atom is -0.409 e. The van der Waals surface area contributed by atoms with Crippen LogP contribution in [0.5, 0.6) is 5.75 Å². The van der Waals surface area contributed by atoms with E-state index in [9.17, 15) is 9.59 Å². The molecule has 0 radical (unpaired) electrons. The van der Waals surface area contributed by atoms with E-state index in [0.29, 0.717) is 5.75 Å². The molecule has 0 bridgehead atoms. The standard InChI is InChI=1S/C15H13NO3/c1-10(2)14(17)16-15(18)19-13-9-5-7-11-6-3-4-8-12(11)13/h3-9H,1H2,2H3,(H,16,17,18). The summed E-state index contributed by atoms with van der Waals surface area (Å²) in [6.45, 7) is 4.96. The molecular weight excluding hydrogens is 242 g/mol. The van der Waals surface area contributed by atoms with Gasteiger partial charge in [0.25, 0.3) is 5.91 Å². The second-order valence-electron chi connectivity index (χ2n) is 4.10. The molecule has 0 spiro atoms. The molecule has 19 heavy (non-hydrogen) atoms. The summed E-state index contributed by atoms with van der Waals surface area (Å²) in [6.07, 6.45) is -0.815. The number of imide groups is 1. The van der Waals surface area contributed by atoms with Crippen LogP contribution in [0.4, 0.5) is 4.79 Å². The fraction of sp³-hybridized carbons (Fsp3) is 0.0667. The van der Waals surface area contributed by atoms with Crippen LogP contribution in [0.1, 0.15) is 6.92 Å². The van der Waals surface area contributed by atoms with Crippen molar-refractivity contribution in [2.45, 2.75) is 6.92 Å². The highest BCUT2D eigenvalue weighted by Gasteiger charge is 2.11. The number of rotatable bonds is 2. The Labute approximate surface area is 110 Å². The number of amides is 2. The highest BCUT2D eigenvalue weighted by atomic mass is 16.6. The van der Waals surface area contributed by atoms with Crippen LogP contribution in [0, 0.1) is 0 Å². The molecule has 0 aromatic heterocycles. The molecule has 0 aliphatic heterocycles. The number of nitrogens with one attached hydrogen (secondary N) is 1. The second kappa shape index (κ2) is 5.35. The largest absolute Gasteiger partial charge is 0.419 e. The van der Waals surface area contributed by atoms with Gasteiger partial charge >= 0.3 is 6.09 Å². The molecule has 4 heteroatoms. The lowest BCUT2D eigenvalue weighted by molar-refractivity contribution is -0.116. The quantitative estimate of drug-likeness (QED) is 0.839. The van der Waals surface area contributed by atoms with Crippen molar-refractivity contribution in [3.63, 3.8) is 0 Å². The molecule has 1 N–H and O–H groups in total. The first-order valence-electron chi connectivity index (χ1n) is 5.74. The van der Waals surface area contributed by atoms with E-state index in [1.54, 1.807) is 12.1 Å². The molecule has 2 amide bonds. The number of benzene rings is 2. The molecule has 2 aromatic carbocycles. The van der Waals surface area contributed by atoms with Crippen molar-refractivity contribution in [1.82, 2.24) is 5.32 Å². The normalized spacial score (nSPS) is 9.95. The Hall–Kier alpha value is -2.62. The van der Waals surface area contributed by atoms with Crippen LogP contribution in [0.2, 0.25) is 0 Å². The topological polar surface area (TPSA) is 55.4 Å². The summed E-state index contributed by atoms with van der Waals surface area (Å²) in [4.78, 5) is 22.9. The average molecular weight is 255 g/mol. The Bertz CT molecular complexity index is 656. The Morgan fingerprint density at radius 2 is 1.79 bits per heavy atom. The van der Waals surface area contributed by atoms with Crippen LogP contribution in [0.15, 0.2) is 54.6 Å². The zero-order valence-corrected chi connectivity index (χ0v) is 10.5. The van der Waals surface area contributed by atoms with E-state index >= 15 is 0 Å². The lowest BCUT2D eigenvalue weighted by Crippen LogP contribution is -2.33. The second-order valence-corrected chi connectivity index (χ2v) is 4.10. The van der Waals surface area contributed by atoms with Gasteiger partial charge in [-0.3, -0.25) is 10.1 Å². The molecule has 0 fully saturated rings. The van der Waals surface area contributed by atoms with Gasteiger partial charge in [-0.05, 0) is 18.4 Å². The molecule has 0 saturated carbocycles. The zero-order valence-electron chi connectivity index (χ0n) is 10.5. The molecule has 2 rings (SSSR count). The third-order valence-corrected chi connectivity index (χ3v) is 2.56. The van der Waals surface area contributed by atoms with Crippen LogP contribution in [-0.2, 0) is 4.79 Å². The first-order chi connectivity index (χ1) is 9.08. The summed E-state index contributed by atoms with van der Waals surface area (Å²) in [7, 11) is 0. The predicted octanol–water partition coefficient (Wildman–Crippen LogP) is 3.03. The lowest BCUT2D eigenvalue weighted by atomic mass is 10.1. The fourth-order valence-electron chi connectivity index (χ4n) is 1.61. The van der Waals surface area contributed by atoms with Crippen molar-refractivity contribution in [3.8, 4) is 5.75 Å². The maximum atomic E-state index is 11.6. The summed E-state index contributed by atoms with van der Waals surface area (Å²) in [5.74, 6) is -0.143. The van der Waals surface area contributed by atoms with Gasteiger partial charge in [0.15, 0.2) is 0 Å². The summed E-state index contributed by atoms with van der Waals surface area (Å²) in [6, 6.07) is 12.9. The molecule has 0 heterocycles. The third-order valence-electron chi connectivity index (χ3n) is 2.56. The monoisotopic (exact) mass is 255 g/mol. The molecule has 2 aromatic rings. The number of carbonyl (C=O) groups is 2. The van der Waals surface area contributed by atoms with Gasteiger partial charge in [0.1, 0.15) is 5.75 Å². The van der Waals surface area contributed by atoms with Crippen molar-refractivity contribution in [2.24, 2.45) is 0 Å². The molecule has 4 nitrogen and oxygen atoms in total. The average Bonchev–Trinajstić information content (AvgIpc) is 2.39. The Morgan fingerprint density at radius 3 is 2.53 bits per heavy atom. The van der Waals surface area contributed by atoms with E-state index in [2.05, 4.69) is 11.9 Å². The first kappa shape index (κ1) is 12.8. The van der Waals surface area contributed by atoms with Crippen molar-refractivity contribution >= 4 is 22.8 Å². The molecule has 0 saturated heterocycles. The van der Waals surface area contributed by atoms with Crippen LogP contribution >= 0.6 is 0 Å². The molecule has 0 unspecified atom stereocenters. The van der Waals surface area contributed by atoms with Gasteiger partial charge in [-0.25, -0.2) is 4.79 Å². The summed E-state index contributed by atoms with van der Waals surface area (Å²) >= 11 is 0. The van der Waals surface area contributed by atoms with Crippen molar-refractivity contribution < 1.29 is 14.3 Å². The summed E-state index contributed by atoms with van der Waals surface area (Å²) < 4.78 is 5.14. The van der Waals surface area contributed by atoms with Crippen LogP contribution in [0.25, 0.3) is 10.8 Å². The highest BCUT2D eigenvalue weighted by molar-refractivity contribution is 6.02.